The van der Waals surface area contributed by atoms with E-state index < -0.39 is 11.8 Å². The molecule has 0 heterocycles. The van der Waals surface area contributed by atoms with E-state index in [-0.39, 0.29) is 16.8 Å². The van der Waals surface area contributed by atoms with Crippen LogP contribution >= 0.6 is 0 Å². The van der Waals surface area contributed by atoms with Crippen molar-refractivity contribution >= 4 is 23.0 Å². The molecule has 21 heavy (non-hydrogen) atoms. The lowest BCUT2D eigenvalue weighted by molar-refractivity contribution is 0.0698. The first-order valence-corrected chi connectivity index (χ1v) is 6.02. The lowest BCUT2D eigenvalue weighted by Crippen LogP contribution is -2.06. The number of halogens is 1. The SMILES string of the molecule is Cc1cc(Nc2ccc(F)cc2C#N)cc(C(=O)O)c1N. The minimum absolute atomic E-state index is 0.0295. The summed E-state index contributed by atoms with van der Waals surface area (Å²) in [5, 5.41) is 21.0. The number of hydrogen-bond donors (Lipinski definition) is 3. The molecule has 0 saturated carbocycles. The van der Waals surface area contributed by atoms with E-state index in [1.807, 2.05) is 6.07 Å². The van der Waals surface area contributed by atoms with Crippen molar-refractivity contribution in [2.45, 2.75) is 6.92 Å². The molecule has 0 spiro atoms. The maximum Gasteiger partial charge on any atom is 0.337 e. The number of carboxylic acids is 1. The topological polar surface area (TPSA) is 99.1 Å². The van der Waals surface area contributed by atoms with Gasteiger partial charge in [-0.15, -0.1) is 0 Å². The number of carboxylic acid groups (broad SMARTS) is 1. The van der Waals surface area contributed by atoms with Gasteiger partial charge >= 0.3 is 5.97 Å². The average molecular weight is 285 g/mol. The molecule has 6 heteroatoms. The van der Waals surface area contributed by atoms with E-state index >= 15 is 0 Å². The summed E-state index contributed by atoms with van der Waals surface area (Å²) in [5.41, 5.74) is 7.44. The van der Waals surface area contributed by atoms with Crippen molar-refractivity contribution in [2.24, 2.45) is 0 Å². The molecular formula is C15H12FN3O2. The van der Waals surface area contributed by atoms with Gasteiger partial charge in [-0.3, -0.25) is 0 Å². The molecule has 0 fully saturated rings. The van der Waals surface area contributed by atoms with Crippen LogP contribution < -0.4 is 11.1 Å². The molecular weight excluding hydrogens is 273 g/mol. The Kier molecular flexibility index (Phi) is 3.76. The van der Waals surface area contributed by atoms with E-state index in [9.17, 15) is 9.18 Å². The lowest BCUT2D eigenvalue weighted by Gasteiger charge is -2.12. The molecule has 2 aromatic rings. The summed E-state index contributed by atoms with van der Waals surface area (Å²) in [6.45, 7) is 1.68. The lowest BCUT2D eigenvalue weighted by atomic mass is 10.1. The largest absolute Gasteiger partial charge is 0.478 e. The van der Waals surface area contributed by atoms with Gasteiger partial charge in [-0.1, -0.05) is 0 Å². The smallest absolute Gasteiger partial charge is 0.337 e. The Hall–Kier alpha value is -3.07. The molecule has 0 saturated heterocycles. The number of benzene rings is 2. The van der Waals surface area contributed by atoms with Crippen molar-refractivity contribution in [3.05, 3.63) is 52.8 Å². The van der Waals surface area contributed by atoms with E-state index in [0.717, 1.165) is 6.07 Å². The van der Waals surface area contributed by atoms with Crippen molar-refractivity contribution in [2.75, 3.05) is 11.1 Å². The third kappa shape index (κ3) is 2.92. The molecule has 2 aromatic carbocycles. The third-order valence-electron chi connectivity index (χ3n) is 3.00. The van der Waals surface area contributed by atoms with Crippen LogP contribution in [0.1, 0.15) is 21.5 Å². The van der Waals surface area contributed by atoms with Crippen LogP contribution in [0.5, 0.6) is 0 Å². The van der Waals surface area contributed by atoms with Crippen LogP contribution in [0, 0.1) is 24.1 Å². The van der Waals surface area contributed by atoms with Crippen molar-refractivity contribution < 1.29 is 14.3 Å². The van der Waals surface area contributed by atoms with Gasteiger partial charge in [0.25, 0.3) is 0 Å². The summed E-state index contributed by atoms with van der Waals surface area (Å²) in [7, 11) is 0. The predicted molar refractivity (Wildman–Crippen MR) is 76.9 cm³/mol. The number of aromatic carboxylic acids is 1. The van der Waals surface area contributed by atoms with Gasteiger partial charge in [-0.25, -0.2) is 9.18 Å². The fourth-order valence-electron chi connectivity index (χ4n) is 1.92. The summed E-state index contributed by atoms with van der Waals surface area (Å²) < 4.78 is 13.1. The summed E-state index contributed by atoms with van der Waals surface area (Å²) in [5.74, 6) is -1.66. The molecule has 0 aliphatic rings. The number of nitrogen functional groups attached to an aromatic ring is 1. The quantitative estimate of drug-likeness (QED) is 0.753. The number of nitrogens with zero attached hydrogens (tertiary/aromatic N) is 1. The van der Waals surface area contributed by atoms with Crippen LogP contribution in [0.4, 0.5) is 21.5 Å². The van der Waals surface area contributed by atoms with Crippen LogP contribution in [-0.2, 0) is 0 Å². The molecule has 0 aliphatic carbocycles. The van der Waals surface area contributed by atoms with Crippen LogP contribution in [0.25, 0.3) is 0 Å². The van der Waals surface area contributed by atoms with Gasteiger partial charge in [0.15, 0.2) is 0 Å². The first-order chi connectivity index (χ1) is 9.92. The number of nitrogens with two attached hydrogens (primary N) is 1. The normalized spacial score (nSPS) is 9.95. The van der Waals surface area contributed by atoms with Crippen LogP contribution in [-0.4, -0.2) is 11.1 Å². The molecule has 0 aliphatic heterocycles. The molecule has 0 bridgehead atoms. The second-order valence-corrected chi connectivity index (χ2v) is 4.49. The minimum Gasteiger partial charge on any atom is -0.478 e. The number of carbonyl (C=O) groups is 1. The van der Waals surface area contributed by atoms with Crippen molar-refractivity contribution in [1.82, 2.24) is 0 Å². The Labute approximate surface area is 120 Å². The van der Waals surface area contributed by atoms with Gasteiger partial charge in [-0.05, 0) is 42.8 Å². The van der Waals surface area contributed by atoms with Crippen molar-refractivity contribution in [3.8, 4) is 6.07 Å². The number of nitrogens with one attached hydrogen (secondary N) is 1. The van der Waals surface area contributed by atoms with Gasteiger partial charge in [0, 0.05) is 11.4 Å². The number of nitriles is 1. The Morgan fingerprint density at radius 1 is 1.38 bits per heavy atom. The molecule has 0 atom stereocenters. The van der Waals surface area contributed by atoms with E-state index in [4.69, 9.17) is 16.1 Å². The highest BCUT2D eigenvalue weighted by molar-refractivity contribution is 5.96. The van der Waals surface area contributed by atoms with Crippen LogP contribution in [0.3, 0.4) is 0 Å². The summed E-state index contributed by atoms with van der Waals surface area (Å²) in [6, 6.07) is 8.64. The Bertz CT molecular complexity index is 766. The molecule has 0 amide bonds. The van der Waals surface area contributed by atoms with Crippen molar-refractivity contribution in [1.29, 1.82) is 5.26 Å². The third-order valence-corrected chi connectivity index (χ3v) is 3.00. The number of anilines is 3. The van der Waals surface area contributed by atoms with Gasteiger partial charge < -0.3 is 16.2 Å². The summed E-state index contributed by atoms with van der Waals surface area (Å²) in [6.07, 6.45) is 0. The van der Waals surface area contributed by atoms with Gasteiger partial charge in [0.05, 0.1) is 16.8 Å². The van der Waals surface area contributed by atoms with Crippen LogP contribution in [0.15, 0.2) is 30.3 Å². The first-order valence-electron chi connectivity index (χ1n) is 6.02. The van der Waals surface area contributed by atoms with Crippen LogP contribution in [0.2, 0.25) is 0 Å². The Morgan fingerprint density at radius 2 is 2.10 bits per heavy atom. The molecule has 2 rings (SSSR count). The highest BCUT2D eigenvalue weighted by Crippen LogP contribution is 2.27. The van der Waals surface area contributed by atoms with E-state index in [0.29, 0.717) is 16.9 Å². The summed E-state index contributed by atoms with van der Waals surface area (Å²) >= 11 is 0. The molecule has 0 radical (unpaired) electrons. The first kappa shape index (κ1) is 14.3. The second kappa shape index (κ2) is 5.51. The fourth-order valence-corrected chi connectivity index (χ4v) is 1.92. The zero-order chi connectivity index (χ0) is 15.6. The molecule has 106 valence electrons. The molecule has 4 N–H and O–H groups in total. The molecule has 5 nitrogen and oxygen atoms in total. The van der Waals surface area contributed by atoms with Gasteiger partial charge in [0.2, 0.25) is 0 Å². The minimum atomic E-state index is -1.14. The monoisotopic (exact) mass is 285 g/mol. The number of hydrogen-bond acceptors (Lipinski definition) is 4. The number of rotatable bonds is 3. The van der Waals surface area contributed by atoms with E-state index in [2.05, 4.69) is 5.32 Å². The van der Waals surface area contributed by atoms with E-state index in [1.165, 1.54) is 18.2 Å². The Morgan fingerprint density at radius 3 is 2.71 bits per heavy atom. The zero-order valence-corrected chi connectivity index (χ0v) is 11.1. The number of aryl methyl sites for hydroxylation is 1. The average Bonchev–Trinajstić information content (AvgIpc) is 2.44. The van der Waals surface area contributed by atoms with Gasteiger partial charge in [-0.2, -0.15) is 5.26 Å². The predicted octanol–water partition coefficient (Wildman–Crippen LogP) is 3.03. The molecule has 0 aromatic heterocycles. The standard InChI is InChI=1S/C15H12FN3O2/c1-8-4-11(6-12(14(8)18)15(20)21)19-13-3-2-10(16)5-9(13)7-17/h2-6,19H,18H2,1H3,(H,20,21). The van der Waals surface area contributed by atoms with E-state index in [1.54, 1.807) is 13.0 Å². The summed E-state index contributed by atoms with van der Waals surface area (Å²) in [4.78, 5) is 11.1. The highest BCUT2D eigenvalue weighted by Gasteiger charge is 2.12. The highest BCUT2D eigenvalue weighted by atomic mass is 19.1. The maximum absolute atomic E-state index is 13.1. The zero-order valence-electron chi connectivity index (χ0n) is 11.1. The Balaban J connectivity index is 2.46. The van der Waals surface area contributed by atoms with Gasteiger partial charge in [0.1, 0.15) is 11.9 Å². The van der Waals surface area contributed by atoms with Crippen molar-refractivity contribution in [3.63, 3.8) is 0 Å². The molecule has 0 unspecified atom stereocenters. The second-order valence-electron chi connectivity index (χ2n) is 4.49. The fraction of sp³-hybridized carbons (Fsp3) is 0.0667. The maximum atomic E-state index is 13.1.